The van der Waals surface area contributed by atoms with Crippen LogP contribution in [0.15, 0.2) is 30.5 Å². The second kappa shape index (κ2) is 8.75. The number of hydrogen-bond acceptors (Lipinski definition) is 8. The zero-order chi connectivity index (χ0) is 20.8. The van der Waals surface area contributed by atoms with Gasteiger partial charge in [0.2, 0.25) is 0 Å². The van der Waals surface area contributed by atoms with Gasteiger partial charge in [-0.1, -0.05) is 0 Å². The van der Waals surface area contributed by atoms with Crippen LogP contribution >= 0.6 is 0 Å². The normalized spacial score (nSPS) is 10.4. The Morgan fingerprint density at radius 3 is 2.43 bits per heavy atom. The Morgan fingerprint density at radius 1 is 1.21 bits per heavy atom. The maximum atomic E-state index is 12.2. The van der Waals surface area contributed by atoms with E-state index in [-0.39, 0.29) is 17.2 Å². The van der Waals surface area contributed by atoms with E-state index >= 15 is 0 Å². The summed E-state index contributed by atoms with van der Waals surface area (Å²) in [6, 6.07) is 4.60. The quantitative estimate of drug-likeness (QED) is 0.429. The van der Waals surface area contributed by atoms with Crippen LogP contribution in [0.25, 0.3) is 0 Å². The zero-order valence-electron chi connectivity index (χ0n) is 15.4. The van der Waals surface area contributed by atoms with Gasteiger partial charge in [-0.15, -0.1) is 0 Å². The standard InChI is InChI=1S/C17H18N4O7/c1-10(2)20-14(4-5-18-20)19-15(22)9-28-17(24)12-6-11(16(23)27-3)7-13(8-12)21(25)26/h4-8,10H,9H2,1-3H3,(H,19,22). The summed E-state index contributed by atoms with van der Waals surface area (Å²) in [5.74, 6) is -2.03. The van der Waals surface area contributed by atoms with Crippen molar-refractivity contribution in [1.29, 1.82) is 0 Å². The van der Waals surface area contributed by atoms with Crippen LogP contribution in [0.1, 0.15) is 40.6 Å². The molecule has 0 aliphatic heterocycles. The van der Waals surface area contributed by atoms with Gasteiger partial charge in [0.15, 0.2) is 6.61 Å². The molecular weight excluding hydrogens is 372 g/mol. The minimum Gasteiger partial charge on any atom is -0.465 e. The largest absolute Gasteiger partial charge is 0.465 e. The highest BCUT2D eigenvalue weighted by atomic mass is 16.6. The van der Waals surface area contributed by atoms with E-state index in [1.54, 1.807) is 10.7 Å². The van der Waals surface area contributed by atoms with Crippen molar-refractivity contribution in [1.82, 2.24) is 9.78 Å². The number of aromatic nitrogens is 2. The minimum absolute atomic E-state index is 0.00876. The summed E-state index contributed by atoms with van der Waals surface area (Å²) in [6.07, 6.45) is 1.51. The van der Waals surface area contributed by atoms with Crippen molar-refractivity contribution in [2.75, 3.05) is 19.0 Å². The third-order valence-electron chi connectivity index (χ3n) is 3.55. The van der Waals surface area contributed by atoms with Crippen molar-refractivity contribution in [2.45, 2.75) is 19.9 Å². The van der Waals surface area contributed by atoms with Crippen LogP contribution < -0.4 is 5.32 Å². The SMILES string of the molecule is COC(=O)c1cc(C(=O)OCC(=O)Nc2ccnn2C(C)C)cc([N+](=O)[O-])c1. The number of benzene rings is 1. The summed E-state index contributed by atoms with van der Waals surface area (Å²) < 4.78 is 11.0. The molecule has 1 heterocycles. The van der Waals surface area contributed by atoms with E-state index in [4.69, 9.17) is 4.74 Å². The lowest BCUT2D eigenvalue weighted by molar-refractivity contribution is -0.384. The number of rotatable bonds is 7. The molecule has 0 radical (unpaired) electrons. The molecule has 0 spiro atoms. The smallest absolute Gasteiger partial charge is 0.338 e. The van der Waals surface area contributed by atoms with Crippen LogP contribution in [0.5, 0.6) is 0 Å². The molecule has 0 aliphatic carbocycles. The Bertz CT molecular complexity index is 920. The highest BCUT2D eigenvalue weighted by molar-refractivity contribution is 5.98. The number of anilines is 1. The number of carbonyl (C=O) groups excluding carboxylic acids is 3. The van der Waals surface area contributed by atoms with Gasteiger partial charge in [0.1, 0.15) is 5.82 Å². The Morgan fingerprint density at radius 2 is 1.86 bits per heavy atom. The molecule has 11 heteroatoms. The summed E-state index contributed by atoms with van der Waals surface area (Å²) in [4.78, 5) is 46.0. The molecule has 0 unspecified atom stereocenters. The van der Waals surface area contributed by atoms with Crippen molar-refractivity contribution in [3.8, 4) is 0 Å². The van der Waals surface area contributed by atoms with E-state index in [2.05, 4.69) is 15.2 Å². The fraction of sp³-hybridized carbons (Fsp3) is 0.294. The zero-order valence-corrected chi connectivity index (χ0v) is 15.4. The molecule has 2 rings (SSSR count). The molecule has 0 bridgehead atoms. The molecule has 11 nitrogen and oxygen atoms in total. The van der Waals surface area contributed by atoms with Crippen LogP contribution in [-0.4, -0.2) is 46.3 Å². The number of amides is 1. The molecule has 1 N–H and O–H groups in total. The average Bonchev–Trinajstić information content (AvgIpc) is 3.13. The minimum atomic E-state index is -0.999. The predicted octanol–water partition coefficient (Wildman–Crippen LogP) is 1.95. The van der Waals surface area contributed by atoms with Crippen LogP contribution in [0.3, 0.4) is 0 Å². The molecule has 0 aliphatic rings. The van der Waals surface area contributed by atoms with Crippen molar-refractivity contribution in [2.24, 2.45) is 0 Å². The number of esters is 2. The number of carbonyl (C=O) groups is 3. The molecule has 0 fully saturated rings. The van der Waals surface area contributed by atoms with E-state index in [1.165, 1.54) is 6.20 Å². The summed E-state index contributed by atoms with van der Waals surface area (Å²) >= 11 is 0. The number of ether oxygens (including phenoxy) is 2. The Kier molecular flexibility index (Phi) is 6.42. The molecule has 0 atom stereocenters. The molecule has 1 aromatic heterocycles. The number of hydrogen-bond donors (Lipinski definition) is 1. The highest BCUT2D eigenvalue weighted by Gasteiger charge is 2.20. The van der Waals surface area contributed by atoms with E-state index in [0.29, 0.717) is 5.82 Å². The van der Waals surface area contributed by atoms with Gasteiger partial charge in [0.25, 0.3) is 11.6 Å². The Labute approximate surface area is 159 Å². The van der Waals surface area contributed by atoms with Crippen LogP contribution in [0, 0.1) is 10.1 Å². The average molecular weight is 390 g/mol. The molecule has 1 aromatic carbocycles. The van der Waals surface area contributed by atoms with Crippen LogP contribution in [-0.2, 0) is 14.3 Å². The number of nitrogens with one attached hydrogen (secondary N) is 1. The first-order valence-corrected chi connectivity index (χ1v) is 8.11. The molecule has 0 saturated carbocycles. The van der Waals surface area contributed by atoms with E-state index < -0.39 is 35.1 Å². The fourth-order valence-electron chi connectivity index (χ4n) is 2.29. The van der Waals surface area contributed by atoms with Gasteiger partial charge in [-0.05, 0) is 19.9 Å². The molecule has 1 amide bonds. The number of methoxy groups -OCH3 is 1. The van der Waals surface area contributed by atoms with Crippen LogP contribution in [0.4, 0.5) is 11.5 Å². The summed E-state index contributed by atoms with van der Waals surface area (Å²) in [7, 11) is 1.10. The van der Waals surface area contributed by atoms with Gasteiger partial charge in [-0.3, -0.25) is 14.9 Å². The van der Waals surface area contributed by atoms with Gasteiger partial charge < -0.3 is 14.8 Å². The van der Waals surface area contributed by atoms with E-state index in [0.717, 1.165) is 25.3 Å². The van der Waals surface area contributed by atoms with Crippen molar-refractivity contribution in [3.63, 3.8) is 0 Å². The van der Waals surface area contributed by atoms with Crippen molar-refractivity contribution < 1.29 is 28.8 Å². The molecule has 2 aromatic rings. The lowest BCUT2D eigenvalue weighted by Gasteiger charge is -2.12. The van der Waals surface area contributed by atoms with Gasteiger partial charge >= 0.3 is 11.9 Å². The number of nitro benzene ring substituents is 1. The van der Waals surface area contributed by atoms with Crippen LogP contribution in [0.2, 0.25) is 0 Å². The summed E-state index contributed by atoms with van der Waals surface area (Å²) in [6.45, 7) is 3.13. The monoisotopic (exact) mass is 390 g/mol. The van der Waals surface area contributed by atoms with Gasteiger partial charge in [-0.25, -0.2) is 14.3 Å². The summed E-state index contributed by atoms with van der Waals surface area (Å²) in [5, 5.41) is 17.6. The van der Waals surface area contributed by atoms with Crippen molar-refractivity contribution in [3.05, 3.63) is 51.7 Å². The maximum Gasteiger partial charge on any atom is 0.338 e. The fourth-order valence-corrected chi connectivity index (χ4v) is 2.29. The number of non-ortho nitro benzene ring substituents is 1. The maximum absolute atomic E-state index is 12.2. The molecule has 0 saturated heterocycles. The third kappa shape index (κ3) is 4.90. The Hall–Kier alpha value is -3.76. The molecule has 148 valence electrons. The highest BCUT2D eigenvalue weighted by Crippen LogP contribution is 2.19. The third-order valence-corrected chi connectivity index (χ3v) is 3.55. The van der Waals surface area contributed by atoms with Gasteiger partial charge in [0, 0.05) is 24.2 Å². The Balaban J connectivity index is 2.08. The first-order chi connectivity index (χ1) is 13.2. The van der Waals surface area contributed by atoms with E-state index in [1.807, 2.05) is 13.8 Å². The first kappa shape index (κ1) is 20.6. The second-order valence-corrected chi connectivity index (χ2v) is 5.90. The number of nitrogens with zero attached hydrogens (tertiary/aromatic N) is 3. The lowest BCUT2D eigenvalue weighted by atomic mass is 10.1. The van der Waals surface area contributed by atoms with E-state index in [9.17, 15) is 24.5 Å². The first-order valence-electron chi connectivity index (χ1n) is 8.11. The predicted molar refractivity (Wildman–Crippen MR) is 96.0 cm³/mol. The van der Waals surface area contributed by atoms with Crippen molar-refractivity contribution >= 4 is 29.4 Å². The van der Waals surface area contributed by atoms with Gasteiger partial charge in [-0.2, -0.15) is 5.10 Å². The number of nitro groups is 1. The summed E-state index contributed by atoms with van der Waals surface area (Å²) in [5.41, 5.74) is -0.927. The lowest BCUT2D eigenvalue weighted by Crippen LogP contribution is -2.23. The molecule has 28 heavy (non-hydrogen) atoms. The molecular formula is C17H18N4O7. The van der Waals surface area contributed by atoms with Gasteiger partial charge in [0.05, 0.1) is 29.4 Å². The second-order valence-electron chi connectivity index (χ2n) is 5.90. The topological polar surface area (TPSA) is 143 Å².